The molecule has 1 atom stereocenters. The zero-order valence-electron chi connectivity index (χ0n) is 8.14. The van der Waals surface area contributed by atoms with Gasteiger partial charge in [0, 0.05) is 5.02 Å². The molecule has 0 saturated heterocycles. The summed E-state index contributed by atoms with van der Waals surface area (Å²) in [6.45, 7) is 2.02. The highest BCUT2D eigenvalue weighted by atomic mass is 35.5. The highest BCUT2D eigenvalue weighted by molar-refractivity contribution is 6.40. The Bertz CT molecular complexity index is 318. The Morgan fingerprint density at radius 2 is 1.80 bits per heavy atom. The van der Waals surface area contributed by atoms with Gasteiger partial charge in [0.15, 0.2) is 5.75 Å². The number of halogens is 3. The summed E-state index contributed by atoms with van der Waals surface area (Å²) in [6, 6.07) is 3.09. The largest absolute Gasteiger partial charge is 0.488 e. The summed E-state index contributed by atoms with van der Waals surface area (Å²) in [7, 11) is 0. The van der Waals surface area contributed by atoms with Gasteiger partial charge in [0.2, 0.25) is 0 Å². The summed E-state index contributed by atoms with van der Waals surface area (Å²) in [6.07, 6.45) is 0.0934. The normalized spacial score (nSPS) is 12.6. The van der Waals surface area contributed by atoms with E-state index in [1.807, 2.05) is 6.92 Å². The molecule has 2 nitrogen and oxygen atoms in total. The number of aliphatic hydroxyl groups is 1. The molecule has 0 saturated carbocycles. The van der Waals surface area contributed by atoms with Crippen LogP contribution in [0.3, 0.4) is 0 Å². The fourth-order valence-corrected chi connectivity index (χ4v) is 1.89. The molecule has 1 N–H and O–H groups in total. The lowest BCUT2D eigenvalue weighted by molar-refractivity contribution is 0.104. The quantitative estimate of drug-likeness (QED) is 0.901. The van der Waals surface area contributed by atoms with Gasteiger partial charge in [-0.05, 0) is 18.6 Å². The van der Waals surface area contributed by atoms with Crippen molar-refractivity contribution in [2.24, 2.45) is 0 Å². The molecule has 1 unspecified atom stereocenters. The van der Waals surface area contributed by atoms with E-state index in [1.54, 1.807) is 12.1 Å². The molecule has 0 aromatic heterocycles. The molecular weight excluding hydrogens is 258 g/mol. The Morgan fingerprint density at radius 1 is 1.27 bits per heavy atom. The second kappa shape index (κ2) is 5.80. The standard InChI is InChI=1S/C10H11Cl3O2/c1-2-7(14)5-15-10-8(12)3-6(11)4-9(10)13/h3-4,7,14H,2,5H2,1H3. The van der Waals surface area contributed by atoms with Crippen LogP contribution in [0.1, 0.15) is 13.3 Å². The molecule has 1 aromatic rings. The molecular formula is C10H11Cl3O2. The lowest BCUT2D eigenvalue weighted by atomic mass is 10.3. The summed E-state index contributed by atoms with van der Waals surface area (Å²) in [5.41, 5.74) is 0. The number of benzene rings is 1. The lowest BCUT2D eigenvalue weighted by Crippen LogP contribution is -2.16. The molecule has 5 heteroatoms. The molecule has 0 heterocycles. The summed E-state index contributed by atoms with van der Waals surface area (Å²) < 4.78 is 5.30. The Hall–Kier alpha value is -0.150. The molecule has 0 aliphatic carbocycles. The van der Waals surface area contributed by atoms with Crippen LogP contribution in [0.4, 0.5) is 0 Å². The molecule has 0 aliphatic heterocycles. The van der Waals surface area contributed by atoms with Crippen LogP contribution in [-0.2, 0) is 0 Å². The first-order valence-corrected chi connectivity index (χ1v) is 5.63. The van der Waals surface area contributed by atoms with E-state index < -0.39 is 6.10 Å². The first-order chi connectivity index (χ1) is 7.04. The summed E-state index contributed by atoms with van der Waals surface area (Å²) in [5.74, 6) is 0.357. The minimum absolute atomic E-state index is 0.164. The predicted octanol–water partition coefficient (Wildman–Crippen LogP) is 3.80. The SMILES string of the molecule is CCC(O)COc1c(Cl)cc(Cl)cc1Cl. The molecule has 84 valence electrons. The topological polar surface area (TPSA) is 29.5 Å². The van der Waals surface area contributed by atoms with Crippen molar-refractivity contribution < 1.29 is 9.84 Å². The van der Waals surface area contributed by atoms with Gasteiger partial charge in [-0.15, -0.1) is 0 Å². The second-order valence-electron chi connectivity index (χ2n) is 3.07. The number of rotatable bonds is 4. The third-order valence-corrected chi connectivity index (χ3v) is 2.63. The molecule has 0 radical (unpaired) electrons. The molecule has 0 bridgehead atoms. The molecule has 1 aromatic carbocycles. The Balaban J connectivity index is 2.77. The van der Waals surface area contributed by atoms with Gasteiger partial charge < -0.3 is 9.84 Å². The third kappa shape index (κ3) is 3.72. The highest BCUT2D eigenvalue weighted by Gasteiger charge is 2.10. The zero-order chi connectivity index (χ0) is 11.4. The van der Waals surface area contributed by atoms with Crippen LogP contribution in [0.2, 0.25) is 15.1 Å². The van der Waals surface area contributed by atoms with Gasteiger partial charge in [0.1, 0.15) is 6.61 Å². The molecule has 0 spiro atoms. The van der Waals surface area contributed by atoms with Crippen molar-refractivity contribution in [1.82, 2.24) is 0 Å². The van der Waals surface area contributed by atoms with E-state index in [0.29, 0.717) is 27.2 Å². The maximum absolute atomic E-state index is 9.32. The van der Waals surface area contributed by atoms with Crippen LogP contribution >= 0.6 is 34.8 Å². The fourth-order valence-electron chi connectivity index (χ4n) is 0.964. The molecule has 0 fully saturated rings. The van der Waals surface area contributed by atoms with Crippen LogP contribution < -0.4 is 4.74 Å². The van der Waals surface area contributed by atoms with Crippen LogP contribution in [0, 0.1) is 0 Å². The lowest BCUT2D eigenvalue weighted by Gasteiger charge is -2.12. The number of ether oxygens (including phenoxy) is 1. The van der Waals surface area contributed by atoms with E-state index >= 15 is 0 Å². The number of hydrogen-bond acceptors (Lipinski definition) is 2. The number of aliphatic hydroxyl groups excluding tert-OH is 1. The van der Waals surface area contributed by atoms with Gasteiger partial charge in [-0.25, -0.2) is 0 Å². The van der Waals surface area contributed by atoms with Crippen LogP contribution in [0.25, 0.3) is 0 Å². The van der Waals surface area contributed by atoms with E-state index in [9.17, 15) is 5.11 Å². The monoisotopic (exact) mass is 268 g/mol. The average Bonchev–Trinajstić information content (AvgIpc) is 2.15. The number of hydrogen-bond donors (Lipinski definition) is 1. The third-order valence-electron chi connectivity index (χ3n) is 1.85. The van der Waals surface area contributed by atoms with Crippen molar-refractivity contribution in [3.8, 4) is 5.75 Å². The molecule has 15 heavy (non-hydrogen) atoms. The summed E-state index contributed by atoms with van der Waals surface area (Å²) >= 11 is 17.5. The van der Waals surface area contributed by atoms with E-state index in [2.05, 4.69) is 0 Å². The van der Waals surface area contributed by atoms with E-state index in [1.165, 1.54) is 0 Å². The maximum Gasteiger partial charge on any atom is 0.156 e. The van der Waals surface area contributed by atoms with Crippen molar-refractivity contribution in [3.63, 3.8) is 0 Å². The second-order valence-corrected chi connectivity index (χ2v) is 4.32. The van der Waals surface area contributed by atoms with Crippen molar-refractivity contribution >= 4 is 34.8 Å². The van der Waals surface area contributed by atoms with Gasteiger partial charge in [-0.2, -0.15) is 0 Å². The molecule has 1 rings (SSSR count). The van der Waals surface area contributed by atoms with Crippen molar-refractivity contribution in [2.75, 3.05) is 6.61 Å². The maximum atomic E-state index is 9.32. The van der Waals surface area contributed by atoms with Crippen LogP contribution in [-0.4, -0.2) is 17.8 Å². The molecule has 0 amide bonds. The Kier molecular flexibility index (Phi) is 5.00. The van der Waals surface area contributed by atoms with Crippen molar-refractivity contribution in [2.45, 2.75) is 19.4 Å². The Morgan fingerprint density at radius 3 is 2.27 bits per heavy atom. The fraction of sp³-hybridized carbons (Fsp3) is 0.400. The first kappa shape index (κ1) is 12.9. The molecule has 0 aliphatic rings. The van der Waals surface area contributed by atoms with Gasteiger partial charge in [0.25, 0.3) is 0 Å². The van der Waals surface area contributed by atoms with Gasteiger partial charge in [-0.1, -0.05) is 41.7 Å². The first-order valence-electron chi connectivity index (χ1n) is 4.50. The van der Waals surface area contributed by atoms with E-state index in [-0.39, 0.29) is 6.61 Å². The zero-order valence-corrected chi connectivity index (χ0v) is 10.4. The minimum Gasteiger partial charge on any atom is -0.488 e. The average molecular weight is 270 g/mol. The Labute approximate surface area is 104 Å². The van der Waals surface area contributed by atoms with Gasteiger partial charge in [0.05, 0.1) is 16.1 Å². The van der Waals surface area contributed by atoms with Gasteiger partial charge >= 0.3 is 0 Å². The predicted molar refractivity (Wildman–Crippen MR) is 63.3 cm³/mol. The van der Waals surface area contributed by atoms with Crippen LogP contribution in [0.5, 0.6) is 5.75 Å². The van der Waals surface area contributed by atoms with Crippen LogP contribution in [0.15, 0.2) is 12.1 Å². The van der Waals surface area contributed by atoms with Crippen molar-refractivity contribution in [1.29, 1.82) is 0 Å². The van der Waals surface area contributed by atoms with E-state index in [0.717, 1.165) is 0 Å². The van der Waals surface area contributed by atoms with Gasteiger partial charge in [-0.3, -0.25) is 0 Å². The van der Waals surface area contributed by atoms with E-state index in [4.69, 9.17) is 39.5 Å². The summed E-state index contributed by atoms with van der Waals surface area (Å²) in [5, 5.41) is 10.5. The minimum atomic E-state index is -0.521. The highest BCUT2D eigenvalue weighted by Crippen LogP contribution is 2.35. The van der Waals surface area contributed by atoms with Crippen molar-refractivity contribution in [3.05, 3.63) is 27.2 Å². The smallest absolute Gasteiger partial charge is 0.156 e. The summed E-state index contributed by atoms with van der Waals surface area (Å²) in [4.78, 5) is 0.